The highest BCUT2D eigenvalue weighted by molar-refractivity contribution is 6.01. The zero-order valence-electron chi connectivity index (χ0n) is 19.8. The predicted octanol–water partition coefficient (Wildman–Crippen LogP) is 4.36. The predicted molar refractivity (Wildman–Crippen MR) is 132 cm³/mol. The van der Waals surface area contributed by atoms with E-state index in [4.69, 9.17) is 0 Å². The van der Waals surface area contributed by atoms with E-state index in [0.29, 0.717) is 18.5 Å². The summed E-state index contributed by atoms with van der Waals surface area (Å²) in [5, 5.41) is 19.8. The van der Waals surface area contributed by atoms with Crippen molar-refractivity contribution in [1.82, 2.24) is 10.2 Å². The minimum atomic E-state index is -1.37. The number of nitrogens with one attached hydrogen (secondary N) is 3. The molecule has 2 aliphatic rings. The number of hydrogen-bond donors (Lipinski definition) is 4. The Kier molecular flexibility index (Phi) is 6.78. The molecule has 1 fully saturated rings. The van der Waals surface area contributed by atoms with Crippen molar-refractivity contribution in [1.29, 1.82) is 0 Å². The van der Waals surface area contributed by atoms with Crippen molar-refractivity contribution in [3.63, 3.8) is 0 Å². The lowest BCUT2D eigenvalue weighted by atomic mass is 9.92. The van der Waals surface area contributed by atoms with Crippen LogP contribution in [0.1, 0.15) is 28.3 Å². The first-order valence-corrected chi connectivity index (χ1v) is 12.0. The first-order valence-electron chi connectivity index (χ1n) is 12.0. The van der Waals surface area contributed by atoms with E-state index >= 15 is 0 Å². The summed E-state index contributed by atoms with van der Waals surface area (Å²) < 4.78 is 55.9. The van der Waals surface area contributed by atoms with Crippen LogP contribution in [0.3, 0.4) is 0 Å². The van der Waals surface area contributed by atoms with E-state index in [1.807, 2.05) is 12.1 Å². The van der Waals surface area contributed by atoms with E-state index < -0.39 is 40.5 Å². The maximum absolute atomic E-state index is 14.6. The van der Waals surface area contributed by atoms with Crippen molar-refractivity contribution in [2.24, 2.45) is 0 Å². The molecule has 1 amide bonds. The normalized spacial score (nSPS) is 17.6. The van der Waals surface area contributed by atoms with Gasteiger partial charge in [-0.15, -0.1) is 0 Å². The first kappa shape index (κ1) is 25.0. The van der Waals surface area contributed by atoms with Gasteiger partial charge in [-0.25, -0.2) is 17.6 Å². The number of para-hydroxylation sites is 1. The van der Waals surface area contributed by atoms with E-state index in [0.717, 1.165) is 42.9 Å². The number of likely N-dealkylation sites (tertiary alicyclic amines) is 1. The molecule has 0 spiro atoms. The molecule has 3 aromatic rings. The van der Waals surface area contributed by atoms with Gasteiger partial charge >= 0.3 is 0 Å². The maximum Gasteiger partial charge on any atom is 0.256 e. The molecule has 1 saturated heterocycles. The molecule has 6 nitrogen and oxygen atoms in total. The number of carbonyl (C=O) groups is 1. The molecule has 0 aromatic heterocycles. The summed E-state index contributed by atoms with van der Waals surface area (Å²) in [6.45, 7) is 1.80. The highest BCUT2D eigenvalue weighted by Crippen LogP contribution is 2.33. The fraction of sp³-hybridized carbons (Fsp3) is 0.296. The van der Waals surface area contributed by atoms with E-state index in [1.165, 1.54) is 10.5 Å². The Balaban J connectivity index is 1.18. The molecule has 0 bridgehead atoms. The zero-order valence-corrected chi connectivity index (χ0v) is 19.8. The summed E-state index contributed by atoms with van der Waals surface area (Å²) in [6, 6.07) is 12.6. The number of β-amino-alcohol motifs (C(OH)–C–C–N with tert-alkyl or cyclic N) is 1. The molecule has 0 aliphatic carbocycles. The number of aliphatic hydroxyl groups is 1. The largest absolute Gasteiger partial charge is 0.385 e. The van der Waals surface area contributed by atoms with Crippen molar-refractivity contribution in [2.45, 2.75) is 17.9 Å². The van der Waals surface area contributed by atoms with Crippen LogP contribution in [0.15, 0.2) is 54.6 Å². The average molecular weight is 515 g/mol. The third kappa shape index (κ3) is 5.12. The second-order valence-corrected chi connectivity index (χ2v) is 9.55. The fourth-order valence-electron chi connectivity index (χ4n) is 4.88. The SMILES string of the molecule is O=C(c1ccc(F)c(F)c1Nc1ccc(F)cc1F)N1CC(O)(CNCCC2CNc3ccccc32)C1. The third-order valence-corrected chi connectivity index (χ3v) is 6.84. The smallest absolute Gasteiger partial charge is 0.256 e. The molecular weight excluding hydrogens is 488 g/mol. The molecule has 0 radical (unpaired) electrons. The molecule has 37 heavy (non-hydrogen) atoms. The molecule has 194 valence electrons. The topological polar surface area (TPSA) is 76.6 Å². The van der Waals surface area contributed by atoms with Gasteiger partial charge in [0.25, 0.3) is 5.91 Å². The summed E-state index contributed by atoms with van der Waals surface area (Å²) in [5.41, 5.74) is 0.160. The fourth-order valence-corrected chi connectivity index (χ4v) is 4.88. The maximum atomic E-state index is 14.6. The number of nitrogens with zero attached hydrogens (tertiary/aromatic N) is 1. The van der Waals surface area contributed by atoms with E-state index in [9.17, 15) is 27.5 Å². The van der Waals surface area contributed by atoms with E-state index in [1.54, 1.807) is 0 Å². The molecular formula is C27H26F4N4O2. The zero-order chi connectivity index (χ0) is 26.2. The number of anilines is 3. The number of carbonyl (C=O) groups excluding carboxylic acids is 1. The highest BCUT2D eigenvalue weighted by Gasteiger charge is 2.44. The molecule has 3 aromatic carbocycles. The second kappa shape index (κ2) is 10.0. The van der Waals surface area contributed by atoms with Gasteiger partial charge in [0.1, 0.15) is 17.2 Å². The van der Waals surface area contributed by atoms with Crippen molar-refractivity contribution >= 4 is 23.0 Å². The summed E-state index contributed by atoms with van der Waals surface area (Å²) in [7, 11) is 0. The van der Waals surface area contributed by atoms with Gasteiger partial charge < -0.3 is 26.0 Å². The Morgan fingerprint density at radius 1 is 1.05 bits per heavy atom. The number of rotatable bonds is 8. The lowest BCUT2D eigenvalue weighted by Crippen LogP contribution is -2.67. The summed E-state index contributed by atoms with van der Waals surface area (Å²) >= 11 is 0. The van der Waals surface area contributed by atoms with Gasteiger partial charge in [0, 0.05) is 30.8 Å². The Bertz CT molecular complexity index is 1330. The Morgan fingerprint density at radius 2 is 1.84 bits per heavy atom. The number of fused-ring (bicyclic) bond motifs is 1. The van der Waals surface area contributed by atoms with Crippen LogP contribution >= 0.6 is 0 Å². The summed E-state index contributed by atoms with van der Waals surface area (Å²) in [6.07, 6.45) is 0.882. The van der Waals surface area contributed by atoms with Crippen LogP contribution in [-0.4, -0.2) is 54.2 Å². The van der Waals surface area contributed by atoms with E-state index in [2.05, 4.69) is 28.1 Å². The Hall–Kier alpha value is -3.63. The minimum absolute atomic E-state index is 0.00397. The van der Waals surface area contributed by atoms with Crippen LogP contribution in [0.5, 0.6) is 0 Å². The molecule has 2 heterocycles. The Morgan fingerprint density at radius 3 is 2.62 bits per heavy atom. The summed E-state index contributed by atoms with van der Waals surface area (Å²) in [5.74, 6) is -4.73. The van der Waals surface area contributed by atoms with Crippen molar-refractivity contribution in [3.05, 3.63) is 89.0 Å². The molecule has 10 heteroatoms. The number of hydrogen-bond acceptors (Lipinski definition) is 5. The molecule has 2 aliphatic heterocycles. The van der Waals surface area contributed by atoms with E-state index in [-0.39, 0.29) is 30.9 Å². The second-order valence-electron chi connectivity index (χ2n) is 9.55. The lowest BCUT2D eigenvalue weighted by Gasteiger charge is -2.46. The minimum Gasteiger partial charge on any atom is -0.385 e. The number of amides is 1. The molecule has 1 atom stereocenters. The van der Waals surface area contributed by atoms with Gasteiger partial charge in [-0.1, -0.05) is 18.2 Å². The number of benzene rings is 3. The van der Waals surface area contributed by atoms with Gasteiger partial charge in [-0.3, -0.25) is 4.79 Å². The monoisotopic (exact) mass is 514 g/mol. The standard InChI is InChI=1S/C27H26F4N4O2/c28-17-5-8-23(21(30)11-17)34-25-19(6-7-20(29)24(25)31)26(36)35-14-27(37,15-35)13-32-10-9-16-12-33-22-4-2-1-3-18(16)22/h1-8,11,16,32-34,37H,9-10,12-15H2. The van der Waals surface area contributed by atoms with Gasteiger partial charge in [-0.2, -0.15) is 0 Å². The lowest BCUT2D eigenvalue weighted by molar-refractivity contribution is -0.0784. The van der Waals surface area contributed by atoms with Crippen LogP contribution in [-0.2, 0) is 0 Å². The Labute approximate surface area is 211 Å². The van der Waals surface area contributed by atoms with Crippen LogP contribution in [0.2, 0.25) is 0 Å². The molecule has 4 N–H and O–H groups in total. The van der Waals surface area contributed by atoms with Gasteiger partial charge in [0.2, 0.25) is 0 Å². The molecule has 5 rings (SSSR count). The molecule has 1 unspecified atom stereocenters. The van der Waals surface area contributed by atoms with Gasteiger partial charge in [-0.05, 0) is 48.9 Å². The van der Waals surface area contributed by atoms with Crippen molar-refractivity contribution in [2.75, 3.05) is 43.4 Å². The van der Waals surface area contributed by atoms with Crippen LogP contribution in [0.4, 0.5) is 34.6 Å². The average Bonchev–Trinajstić information content (AvgIpc) is 3.27. The summed E-state index contributed by atoms with van der Waals surface area (Å²) in [4.78, 5) is 14.4. The van der Waals surface area contributed by atoms with Crippen molar-refractivity contribution < 1.29 is 27.5 Å². The van der Waals surface area contributed by atoms with Crippen LogP contribution < -0.4 is 16.0 Å². The van der Waals surface area contributed by atoms with Crippen molar-refractivity contribution in [3.8, 4) is 0 Å². The van der Waals surface area contributed by atoms with Crippen LogP contribution in [0, 0.1) is 23.3 Å². The van der Waals surface area contributed by atoms with Gasteiger partial charge in [0.15, 0.2) is 11.6 Å². The number of halogens is 4. The highest BCUT2D eigenvalue weighted by atomic mass is 19.2. The van der Waals surface area contributed by atoms with Crippen LogP contribution in [0.25, 0.3) is 0 Å². The van der Waals surface area contributed by atoms with Gasteiger partial charge in [0.05, 0.1) is 30.0 Å². The molecule has 0 saturated carbocycles. The third-order valence-electron chi connectivity index (χ3n) is 6.84. The first-order chi connectivity index (χ1) is 17.7. The quantitative estimate of drug-likeness (QED) is 0.266.